The van der Waals surface area contributed by atoms with Gasteiger partial charge in [0.05, 0.1) is 0 Å². The third kappa shape index (κ3) is 3.80. The zero-order valence-electron chi connectivity index (χ0n) is 15.2. The largest absolute Gasteiger partial charge is 0.336 e. The van der Waals surface area contributed by atoms with E-state index in [9.17, 15) is 9.18 Å². The molecule has 4 heteroatoms. The number of carbonyl (C=O) groups excluding carboxylic acids is 1. The molecule has 0 N–H and O–H groups in total. The van der Waals surface area contributed by atoms with Crippen molar-refractivity contribution in [2.24, 2.45) is 0 Å². The number of hydrogen-bond donors (Lipinski definition) is 0. The SMILES string of the molecule is Cc1ccc(F)cc1CN1CCN(C(=O)c2ccc(C3CC3)cc2)CC1. The van der Waals surface area contributed by atoms with Crippen LogP contribution in [0.5, 0.6) is 0 Å². The Morgan fingerprint density at radius 1 is 1.04 bits per heavy atom. The van der Waals surface area contributed by atoms with Gasteiger partial charge in [0.1, 0.15) is 5.82 Å². The zero-order chi connectivity index (χ0) is 18.1. The van der Waals surface area contributed by atoms with Crippen molar-refractivity contribution in [2.75, 3.05) is 26.2 Å². The second-order valence-electron chi connectivity index (χ2n) is 7.54. The third-order valence-corrected chi connectivity index (χ3v) is 5.57. The Morgan fingerprint density at radius 3 is 2.38 bits per heavy atom. The van der Waals surface area contributed by atoms with Crippen LogP contribution in [0.4, 0.5) is 4.39 Å². The molecule has 26 heavy (non-hydrogen) atoms. The van der Waals surface area contributed by atoms with Crippen LogP contribution in [0.25, 0.3) is 0 Å². The maximum absolute atomic E-state index is 13.5. The number of benzene rings is 2. The number of carbonyl (C=O) groups is 1. The first-order chi connectivity index (χ1) is 12.6. The van der Waals surface area contributed by atoms with Gasteiger partial charge in [-0.25, -0.2) is 4.39 Å². The zero-order valence-corrected chi connectivity index (χ0v) is 15.2. The lowest BCUT2D eigenvalue weighted by atomic mass is 10.1. The van der Waals surface area contributed by atoms with Gasteiger partial charge >= 0.3 is 0 Å². The van der Waals surface area contributed by atoms with Crippen molar-refractivity contribution in [3.05, 3.63) is 70.5 Å². The van der Waals surface area contributed by atoms with Gasteiger partial charge in [-0.1, -0.05) is 18.2 Å². The summed E-state index contributed by atoms with van der Waals surface area (Å²) in [5.41, 5.74) is 4.28. The Balaban J connectivity index is 1.34. The van der Waals surface area contributed by atoms with Gasteiger partial charge in [-0.15, -0.1) is 0 Å². The van der Waals surface area contributed by atoms with Crippen LogP contribution in [0.1, 0.15) is 45.8 Å². The fraction of sp³-hybridized carbons (Fsp3) is 0.409. The minimum Gasteiger partial charge on any atom is -0.336 e. The summed E-state index contributed by atoms with van der Waals surface area (Å²) >= 11 is 0. The van der Waals surface area contributed by atoms with Crippen LogP contribution >= 0.6 is 0 Å². The first-order valence-corrected chi connectivity index (χ1v) is 9.47. The standard InChI is InChI=1S/C22H25FN2O/c1-16-2-9-21(23)14-20(16)15-24-10-12-25(13-11-24)22(26)19-7-5-18(6-8-19)17-3-4-17/h2,5-9,14,17H,3-4,10-13,15H2,1H3. The first kappa shape index (κ1) is 17.2. The van der Waals surface area contributed by atoms with Crippen LogP contribution in [-0.4, -0.2) is 41.9 Å². The van der Waals surface area contributed by atoms with Gasteiger partial charge in [0.15, 0.2) is 0 Å². The molecule has 0 unspecified atom stereocenters. The molecule has 2 fully saturated rings. The molecular formula is C22H25FN2O. The molecule has 0 atom stereocenters. The Labute approximate surface area is 154 Å². The normalized spacial score (nSPS) is 18.2. The summed E-state index contributed by atoms with van der Waals surface area (Å²) in [5, 5.41) is 0. The van der Waals surface area contributed by atoms with Crippen LogP contribution in [0.15, 0.2) is 42.5 Å². The number of amides is 1. The second kappa shape index (κ2) is 7.20. The molecule has 2 aliphatic rings. The summed E-state index contributed by atoms with van der Waals surface area (Å²) in [6.45, 7) is 5.83. The molecule has 1 amide bonds. The van der Waals surface area contributed by atoms with Crippen molar-refractivity contribution < 1.29 is 9.18 Å². The number of halogens is 1. The lowest BCUT2D eigenvalue weighted by Crippen LogP contribution is -2.48. The molecule has 1 aliphatic heterocycles. The Kier molecular flexibility index (Phi) is 4.77. The van der Waals surface area contributed by atoms with E-state index in [1.165, 1.54) is 24.5 Å². The van der Waals surface area contributed by atoms with Gasteiger partial charge in [-0.05, 0) is 66.6 Å². The number of aryl methyl sites for hydroxylation is 1. The maximum atomic E-state index is 13.5. The van der Waals surface area contributed by atoms with E-state index < -0.39 is 0 Å². The number of nitrogens with zero attached hydrogens (tertiary/aromatic N) is 2. The molecule has 1 heterocycles. The molecule has 1 aliphatic carbocycles. The summed E-state index contributed by atoms with van der Waals surface area (Å²) in [4.78, 5) is 16.9. The monoisotopic (exact) mass is 352 g/mol. The lowest BCUT2D eigenvalue weighted by molar-refractivity contribution is 0.0628. The van der Waals surface area contributed by atoms with Crippen molar-refractivity contribution in [1.29, 1.82) is 0 Å². The molecule has 0 radical (unpaired) electrons. The van der Waals surface area contributed by atoms with E-state index in [0.29, 0.717) is 5.92 Å². The summed E-state index contributed by atoms with van der Waals surface area (Å²) < 4.78 is 13.5. The second-order valence-corrected chi connectivity index (χ2v) is 7.54. The molecule has 3 nitrogen and oxygen atoms in total. The molecule has 1 saturated carbocycles. The molecule has 136 valence electrons. The van der Waals surface area contributed by atoms with Gasteiger partial charge in [0, 0.05) is 38.3 Å². The van der Waals surface area contributed by atoms with E-state index in [2.05, 4.69) is 17.0 Å². The van der Waals surface area contributed by atoms with Crippen LogP contribution in [0.2, 0.25) is 0 Å². The van der Waals surface area contributed by atoms with E-state index >= 15 is 0 Å². The fourth-order valence-corrected chi connectivity index (χ4v) is 3.66. The van der Waals surface area contributed by atoms with Gasteiger partial charge in [0.25, 0.3) is 5.91 Å². The van der Waals surface area contributed by atoms with E-state index in [-0.39, 0.29) is 11.7 Å². The van der Waals surface area contributed by atoms with E-state index in [0.717, 1.165) is 49.4 Å². The molecule has 2 aromatic rings. The van der Waals surface area contributed by atoms with Gasteiger partial charge < -0.3 is 4.90 Å². The predicted octanol–water partition coefficient (Wildman–Crippen LogP) is 3.97. The van der Waals surface area contributed by atoms with Crippen molar-refractivity contribution in [3.8, 4) is 0 Å². The summed E-state index contributed by atoms with van der Waals surface area (Å²) in [6.07, 6.45) is 2.56. The molecule has 2 aromatic carbocycles. The highest BCUT2D eigenvalue weighted by atomic mass is 19.1. The molecule has 0 spiro atoms. The van der Waals surface area contributed by atoms with E-state index in [4.69, 9.17) is 0 Å². The van der Waals surface area contributed by atoms with Gasteiger partial charge in [-0.3, -0.25) is 9.69 Å². The number of hydrogen-bond acceptors (Lipinski definition) is 2. The molecule has 0 bridgehead atoms. The van der Waals surface area contributed by atoms with Crippen LogP contribution in [-0.2, 0) is 6.54 Å². The fourth-order valence-electron chi connectivity index (χ4n) is 3.66. The number of rotatable bonds is 4. The van der Waals surface area contributed by atoms with Crippen molar-refractivity contribution in [3.63, 3.8) is 0 Å². The lowest BCUT2D eigenvalue weighted by Gasteiger charge is -2.35. The molecular weight excluding hydrogens is 327 g/mol. The maximum Gasteiger partial charge on any atom is 0.253 e. The smallest absolute Gasteiger partial charge is 0.253 e. The highest BCUT2D eigenvalue weighted by Crippen LogP contribution is 2.39. The first-order valence-electron chi connectivity index (χ1n) is 9.47. The van der Waals surface area contributed by atoms with Crippen LogP contribution in [0, 0.1) is 12.7 Å². The molecule has 1 saturated heterocycles. The Hall–Kier alpha value is -2.20. The molecule has 0 aromatic heterocycles. The van der Waals surface area contributed by atoms with E-state index in [1.54, 1.807) is 6.07 Å². The van der Waals surface area contributed by atoms with E-state index in [1.807, 2.05) is 30.0 Å². The third-order valence-electron chi connectivity index (χ3n) is 5.57. The average molecular weight is 352 g/mol. The highest BCUT2D eigenvalue weighted by Gasteiger charge is 2.25. The predicted molar refractivity (Wildman–Crippen MR) is 101 cm³/mol. The highest BCUT2D eigenvalue weighted by molar-refractivity contribution is 5.94. The van der Waals surface area contributed by atoms with Gasteiger partial charge in [-0.2, -0.15) is 0 Å². The van der Waals surface area contributed by atoms with Crippen LogP contribution < -0.4 is 0 Å². The minimum atomic E-state index is -0.186. The molecule has 4 rings (SSSR count). The Bertz CT molecular complexity index is 790. The van der Waals surface area contributed by atoms with Gasteiger partial charge in [0.2, 0.25) is 0 Å². The Morgan fingerprint density at radius 2 is 1.73 bits per heavy atom. The average Bonchev–Trinajstić information content (AvgIpc) is 3.50. The minimum absolute atomic E-state index is 0.119. The summed E-state index contributed by atoms with van der Waals surface area (Å²) in [5.74, 6) is 0.650. The quantitative estimate of drug-likeness (QED) is 0.831. The summed E-state index contributed by atoms with van der Waals surface area (Å²) in [7, 11) is 0. The summed E-state index contributed by atoms with van der Waals surface area (Å²) in [6, 6.07) is 13.1. The topological polar surface area (TPSA) is 23.6 Å². The van der Waals surface area contributed by atoms with Crippen molar-refractivity contribution in [2.45, 2.75) is 32.2 Å². The van der Waals surface area contributed by atoms with Crippen molar-refractivity contribution in [1.82, 2.24) is 9.80 Å². The number of piperazine rings is 1. The van der Waals surface area contributed by atoms with Crippen LogP contribution in [0.3, 0.4) is 0 Å². The van der Waals surface area contributed by atoms with Crippen molar-refractivity contribution >= 4 is 5.91 Å².